The maximum atomic E-state index is 12.2. The first kappa shape index (κ1) is 19.9. The Hall–Kier alpha value is -2.38. The molecule has 0 aromatic heterocycles. The molecular weight excluding hydrogens is 352 g/mol. The zero-order valence-electron chi connectivity index (χ0n) is 15.0. The van der Waals surface area contributed by atoms with Crippen molar-refractivity contribution in [2.24, 2.45) is 0 Å². The molecule has 0 heterocycles. The summed E-state index contributed by atoms with van der Waals surface area (Å²) >= 11 is 0. The van der Waals surface area contributed by atoms with E-state index in [1.165, 1.54) is 0 Å². The molecule has 7 heteroatoms. The van der Waals surface area contributed by atoms with Crippen molar-refractivity contribution in [3.8, 4) is 5.75 Å². The number of carbonyl (C=O) groups excluding carboxylic acids is 1. The molecule has 2 aromatic carbocycles. The molecule has 0 saturated heterocycles. The van der Waals surface area contributed by atoms with E-state index in [9.17, 15) is 13.2 Å². The highest BCUT2D eigenvalue weighted by atomic mass is 32.2. The molecule has 0 saturated carbocycles. The van der Waals surface area contributed by atoms with Crippen molar-refractivity contribution in [1.29, 1.82) is 0 Å². The maximum Gasteiger partial charge on any atom is 0.257 e. The van der Waals surface area contributed by atoms with E-state index in [0.29, 0.717) is 5.75 Å². The zero-order valence-corrected chi connectivity index (χ0v) is 15.8. The summed E-state index contributed by atoms with van der Waals surface area (Å²) in [6, 6.07) is 14.1. The molecule has 0 aliphatic carbocycles. The summed E-state index contributed by atoms with van der Waals surface area (Å²) in [5.41, 5.74) is 2.18. The van der Waals surface area contributed by atoms with Gasteiger partial charge in [-0.15, -0.1) is 0 Å². The van der Waals surface area contributed by atoms with Crippen LogP contribution in [0.3, 0.4) is 0 Å². The first-order chi connectivity index (χ1) is 12.4. The maximum absolute atomic E-state index is 12.2. The van der Waals surface area contributed by atoms with Gasteiger partial charge in [-0.05, 0) is 43.2 Å². The molecule has 0 atom stereocenters. The lowest BCUT2D eigenvalue weighted by Gasteiger charge is -2.09. The van der Waals surface area contributed by atoms with E-state index in [1.54, 1.807) is 36.4 Å². The van der Waals surface area contributed by atoms with E-state index in [4.69, 9.17) is 4.74 Å². The first-order valence-corrected chi connectivity index (χ1v) is 9.94. The van der Waals surface area contributed by atoms with E-state index in [2.05, 4.69) is 10.0 Å². The normalized spacial score (nSPS) is 11.2. The van der Waals surface area contributed by atoms with Gasteiger partial charge in [0.1, 0.15) is 5.75 Å². The van der Waals surface area contributed by atoms with Gasteiger partial charge in [-0.1, -0.05) is 36.8 Å². The SMILES string of the molecule is CCc1ccc(S(=O)(=O)NCCNC(=O)COc2ccc(C)cc2)cc1. The monoisotopic (exact) mass is 376 g/mol. The summed E-state index contributed by atoms with van der Waals surface area (Å²) < 4.78 is 32.2. The van der Waals surface area contributed by atoms with Crippen LogP contribution in [0.15, 0.2) is 53.4 Å². The first-order valence-electron chi connectivity index (χ1n) is 8.45. The van der Waals surface area contributed by atoms with Crippen LogP contribution < -0.4 is 14.8 Å². The largest absolute Gasteiger partial charge is 0.484 e. The van der Waals surface area contributed by atoms with E-state index in [1.807, 2.05) is 26.0 Å². The molecule has 2 rings (SSSR count). The lowest BCUT2D eigenvalue weighted by Crippen LogP contribution is -2.36. The summed E-state index contributed by atoms with van der Waals surface area (Å²) in [6.45, 7) is 4.15. The molecule has 140 valence electrons. The number of nitrogens with one attached hydrogen (secondary N) is 2. The van der Waals surface area contributed by atoms with Crippen molar-refractivity contribution in [1.82, 2.24) is 10.0 Å². The number of hydrogen-bond donors (Lipinski definition) is 2. The van der Waals surface area contributed by atoms with Crippen LogP contribution in [0.1, 0.15) is 18.1 Å². The predicted molar refractivity (Wildman–Crippen MR) is 101 cm³/mol. The molecule has 0 bridgehead atoms. The smallest absolute Gasteiger partial charge is 0.257 e. The fourth-order valence-electron chi connectivity index (χ4n) is 2.21. The van der Waals surface area contributed by atoms with Crippen molar-refractivity contribution in [2.45, 2.75) is 25.2 Å². The van der Waals surface area contributed by atoms with Gasteiger partial charge >= 0.3 is 0 Å². The summed E-state index contributed by atoms with van der Waals surface area (Å²) in [6.07, 6.45) is 0.852. The third kappa shape index (κ3) is 6.16. The number of amides is 1. The second-order valence-electron chi connectivity index (χ2n) is 5.85. The summed E-state index contributed by atoms with van der Waals surface area (Å²) in [5, 5.41) is 2.62. The van der Waals surface area contributed by atoms with Gasteiger partial charge in [0, 0.05) is 13.1 Å². The summed E-state index contributed by atoms with van der Waals surface area (Å²) in [7, 11) is -3.58. The van der Waals surface area contributed by atoms with Crippen molar-refractivity contribution >= 4 is 15.9 Å². The number of aryl methyl sites for hydroxylation is 2. The Morgan fingerprint density at radius 2 is 1.65 bits per heavy atom. The number of hydrogen-bond acceptors (Lipinski definition) is 4. The van der Waals surface area contributed by atoms with Crippen LogP contribution in [0.5, 0.6) is 5.75 Å². The fraction of sp³-hybridized carbons (Fsp3) is 0.316. The molecule has 0 spiro atoms. The highest BCUT2D eigenvalue weighted by molar-refractivity contribution is 7.89. The molecule has 0 aliphatic rings. The predicted octanol–water partition coefficient (Wildman–Crippen LogP) is 2.03. The van der Waals surface area contributed by atoms with Gasteiger partial charge < -0.3 is 10.1 Å². The Balaban J connectivity index is 1.71. The Bertz CT molecular complexity index is 816. The number of benzene rings is 2. The highest BCUT2D eigenvalue weighted by Gasteiger charge is 2.13. The van der Waals surface area contributed by atoms with Gasteiger partial charge in [-0.3, -0.25) is 4.79 Å². The molecule has 0 aliphatic heterocycles. The van der Waals surface area contributed by atoms with E-state index < -0.39 is 10.0 Å². The number of ether oxygens (including phenoxy) is 1. The molecule has 0 fully saturated rings. The van der Waals surface area contributed by atoms with Crippen molar-refractivity contribution in [2.75, 3.05) is 19.7 Å². The van der Waals surface area contributed by atoms with E-state index >= 15 is 0 Å². The van der Waals surface area contributed by atoms with Gasteiger partial charge in [0.05, 0.1) is 4.90 Å². The van der Waals surface area contributed by atoms with Crippen LogP contribution in [0, 0.1) is 6.92 Å². The van der Waals surface area contributed by atoms with Crippen LogP contribution in [0.2, 0.25) is 0 Å². The Morgan fingerprint density at radius 1 is 1.00 bits per heavy atom. The Labute approximate surface area is 154 Å². The van der Waals surface area contributed by atoms with Gasteiger partial charge in [0.25, 0.3) is 5.91 Å². The number of rotatable bonds is 9. The molecule has 2 N–H and O–H groups in total. The lowest BCUT2D eigenvalue weighted by molar-refractivity contribution is -0.123. The van der Waals surface area contributed by atoms with Crippen molar-refractivity contribution in [3.05, 3.63) is 59.7 Å². The molecule has 0 unspecified atom stereocenters. The summed E-state index contributed by atoms with van der Waals surface area (Å²) in [4.78, 5) is 11.9. The average Bonchev–Trinajstić information content (AvgIpc) is 2.65. The third-order valence-electron chi connectivity index (χ3n) is 3.77. The molecular formula is C19H24N2O4S. The molecule has 1 amide bonds. The van der Waals surface area contributed by atoms with Crippen LogP contribution in [0.4, 0.5) is 0 Å². The third-order valence-corrected chi connectivity index (χ3v) is 5.25. The lowest BCUT2D eigenvalue weighted by atomic mass is 10.2. The van der Waals surface area contributed by atoms with E-state index in [-0.39, 0.29) is 30.5 Å². The van der Waals surface area contributed by atoms with Crippen molar-refractivity contribution in [3.63, 3.8) is 0 Å². The second kappa shape index (κ2) is 9.35. The Morgan fingerprint density at radius 3 is 2.27 bits per heavy atom. The second-order valence-corrected chi connectivity index (χ2v) is 7.61. The minimum absolute atomic E-state index is 0.105. The Kier molecular flexibility index (Phi) is 7.17. The van der Waals surface area contributed by atoms with Gasteiger partial charge in [-0.25, -0.2) is 13.1 Å². The quantitative estimate of drug-likeness (QED) is 0.656. The van der Waals surface area contributed by atoms with Gasteiger partial charge in [-0.2, -0.15) is 0 Å². The van der Waals surface area contributed by atoms with Gasteiger partial charge in [0.15, 0.2) is 6.61 Å². The van der Waals surface area contributed by atoms with Crippen molar-refractivity contribution < 1.29 is 17.9 Å². The van der Waals surface area contributed by atoms with Crippen LogP contribution in [0.25, 0.3) is 0 Å². The molecule has 6 nitrogen and oxygen atoms in total. The topological polar surface area (TPSA) is 84.5 Å². The molecule has 0 radical (unpaired) electrons. The van der Waals surface area contributed by atoms with Crippen LogP contribution in [-0.4, -0.2) is 34.0 Å². The van der Waals surface area contributed by atoms with E-state index in [0.717, 1.165) is 17.5 Å². The average molecular weight is 376 g/mol. The fourth-order valence-corrected chi connectivity index (χ4v) is 3.24. The standard InChI is InChI=1S/C19H24N2O4S/c1-3-16-6-10-18(11-7-16)26(23,24)21-13-12-20-19(22)14-25-17-8-4-15(2)5-9-17/h4-11,21H,3,12-14H2,1-2H3,(H,20,22). The van der Waals surface area contributed by atoms with Crippen LogP contribution in [-0.2, 0) is 21.2 Å². The summed E-state index contributed by atoms with van der Waals surface area (Å²) in [5.74, 6) is 0.305. The zero-order chi connectivity index (χ0) is 19.0. The van der Waals surface area contributed by atoms with Gasteiger partial charge in [0.2, 0.25) is 10.0 Å². The molecule has 2 aromatic rings. The number of sulfonamides is 1. The highest BCUT2D eigenvalue weighted by Crippen LogP contribution is 2.11. The minimum Gasteiger partial charge on any atom is -0.484 e. The molecule has 26 heavy (non-hydrogen) atoms. The van der Waals surface area contributed by atoms with Crippen LogP contribution >= 0.6 is 0 Å². The minimum atomic E-state index is -3.58. The number of carbonyl (C=O) groups is 1.